The van der Waals surface area contributed by atoms with E-state index in [1.54, 1.807) is 6.92 Å². The highest BCUT2D eigenvalue weighted by Crippen LogP contribution is 2.13. The maximum Gasteiger partial charge on any atom is 0.138 e. The monoisotopic (exact) mass is 223 g/mol. The lowest BCUT2D eigenvalue weighted by Crippen LogP contribution is -2.34. The summed E-state index contributed by atoms with van der Waals surface area (Å²) in [5.41, 5.74) is 2.74. The molecule has 0 amide bonds. The first kappa shape index (κ1) is 13.4. The number of carbonyl (C=O) groups excluding carboxylic acids is 1. The van der Waals surface area contributed by atoms with Crippen LogP contribution < -0.4 is 5.48 Å². The van der Waals surface area contributed by atoms with Crippen LogP contribution in [-0.4, -0.2) is 44.1 Å². The number of hydrogen-bond acceptors (Lipinski definition) is 3. The van der Waals surface area contributed by atoms with Crippen molar-refractivity contribution in [3.05, 3.63) is 0 Å². The van der Waals surface area contributed by atoms with Gasteiger partial charge in [0.2, 0.25) is 0 Å². The average molecular weight is 223 g/mol. The number of rotatable bonds is 8. The molecule has 3 nitrogen and oxygen atoms in total. The molecule has 0 saturated heterocycles. The Morgan fingerprint density at radius 3 is 2.31 bits per heavy atom. The van der Waals surface area contributed by atoms with Gasteiger partial charge in [0.05, 0.1) is 12.1 Å². The van der Waals surface area contributed by atoms with E-state index in [4.69, 9.17) is 4.84 Å². The van der Waals surface area contributed by atoms with Crippen molar-refractivity contribution in [1.29, 1.82) is 0 Å². The molecule has 0 fully saturated rings. The minimum absolute atomic E-state index is 0.206. The minimum atomic E-state index is -0.206. The maximum absolute atomic E-state index is 10.3. The van der Waals surface area contributed by atoms with Gasteiger partial charge in [0.25, 0.3) is 0 Å². The van der Waals surface area contributed by atoms with Crippen LogP contribution in [-0.2, 0) is 9.63 Å². The molecular formula is C8H19NO2P2. The Morgan fingerprint density at radius 2 is 1.92 bits per heavy atom. The van der Waals surface area contributed by atoms with Gasteiger partial charge in [-0.1, -0.05) is 0 Å². The second kappa shape index (κ2) is 9.02. The van der Waals surface area contributed by atoms with Crippen molar-refractivity contribution >= 4 is 23.4 Å². The molecule has 0 aromatic rings. The fraction of sp³-hybridized carbons (Fsp3) is 0.875. The second-order valence-corrected chi connectivity index (χ2v) is 5.13. The number of nitrogens with one attached hydrogen (secondary N) is 1. The van der Waals surface area contributed by atoms with Crippen molar-refractivity contribution in [3.8, 4) is 0 Å². The lowest BCUT2D eigenvalue weighted by molar-refractivity contribution is -0.114. The summed E-state index contributed by atoms with van der Waals surface area (Å²) in [6.07, 6.45) is 3.28. The zero-order valence-corrected chi connectivity index (χ0v) is 10.5. The zero-order chi connectivity index (χ0) is 10.1. The normalized spacial score (nSPS) is 17.2. The highest BCUT2D eigenvalue weighted by Gasteiger charge is 2.08. The van der Waals surface area contributed by atoms with Crippen LogP contribution in [0.1, 0.15) is 6.92 Å². The predicted octanol–water partition coefficient (Wildman–Crippen LogP) is 1.08. The summed E-state index contributed by atoms with van der Waals surface area (Å²) in [5, 5.41) is 0. The first-order valence-corrected chi connectivity index (χ1v) is 7.81. The van der Waals surface area contributed by atoms with Gasteiger partial charge in [0, 0.05) is 0 Å². The summed E-state index contributed by atoms with van der Waals surface area (Å²) in [5.74, 6) is 0. The van der Waals surface area contributed by atoms with Gasteiger partial charge in [-0.05, 0) is 32.6 Å². The van der Waals surface area contributed by atoms with Gasteiger partial charge >= 0.3 is 0 Å². The summed E-state index contributed by atoms with van der Waals surface area (Å²) < 4.78 is 0. The summed E-state index contributed by atoms with van der Waals surface area (Å²) in [6.45, 7) is 6.11. The van der Waals surface area contributed by atoms with E-state index in [1.807, 2.05) is 0 Å². The van der Waals surface area contributed by atoms with Crippen molar-refractivity contribution in [2.75, 3.05) is 25.7 Å². The molecule has 0 rings (SSSR count). The van der Waals surface area contributed by atoms with Crippen LogP contribution in [0.2, 0.25) is 0 Å². The third kappa shape index (κ3) is 7.52. The minimum Gasteiger partial charge on any atom is -0.302 e. The molecule has 0 spiro atoms. The topological polar surface area (TPSA) is 38.3 Å². The Bertz CT molecular complexity index is 129. The van der Waals surface area contributed by atoms with Crippen LogP contribution in [0.15, 0.2) is 0 Å². The standard InChI is InChI=1S/C8H19NO2P2/c1-7(4-10)9-11-8(5-12-2)6-13-3/h4,7-9,12-13H,5-6H2,1-3H3/t7-/m0/s1. The molecule has 0 aromatic heterocycles. The van der Waals surface area contributed by atoms with Crippen molar-refractivity contribution in [2.45, 2.75) is 19.1 Å². The largest absolute Gasteiger partial charge is 0.302 e. The van der Waals surface area contributed by atoms with Crippen LogP contribution in [0.5, 0.6) is 0 Å². The van der Waals surface area contributed by atoms with Crippen LogP contribution in [0, 0.1) is 0 Å². The number of carbonyl (C=O) groups is 1. The molecule has 1 N–H and O–H groups in total. The van der Waals surface area contributed by atoms with Gasteiger partial charge in [0.15, 0.2) is 0 Å². The zero-order valence-electron chi connectivity index (χ0n) is 8.46. The number of aldehydes is 1. The van der Waals surface area contributed by atoms with Crippen molar-refractivity contribution in [3.63, 3.8) is 0 Å². The molecule has 2 unspecified atom stereocenters. The molecule has 0 saturated carbocycles. The van der Waals surface area contributed by atoms with Gasteiger partial charge in [-0.3, -0.25) is 4.84 Å². The number of hydroxylamine groups is 1. The van der Waals surface area contributed by atoms with Gasteiger partial charge in [0.1, 0.15) is 6.29 Å². The van der Waals surface area contributed by atoms with Gasteiger partial charge in [-0.15, -0.1) is 17.2 Å². The molecule has 0 radical (unpaired) electrons. The molecule has 3 atom stereocenters. The summed E-state index contributed by atoms with van der Waals surface area (Å²) in [6, 6.07) is -0.206. The van der Waals surface area contributed by atoms with E-state index >= 15 is 0 Å². The quantitative estimate of drug-likeness (QED) is 0.380. The van der Waals surface area contributed by atoms with E-state index in [1.165, 1.54) is 0 Å². The lowest BCUT2D eigenvalue weighted by Gasteiger charge is -2.17. The molecule has 0 aromatic carbocycles. The summed E-state index contributed by atoms with van der Waals surface area (Å²) in [4.78, 5) is 15.7. The Labute approximate surface area is 83.9 Å². The van der Waals surface area contributed by atoms with Crippen LogP contribution >= 0.6 is 17.2 Å². The van der Waals surface area contributed by atoms with Gasteiger partial charge in [-0.2, -0.15) is 5.48 Å². The lowest BCUT2D eigenvalue weighted by atomic mass is 10.4. The van der Waals surface area contributed by atoms with E-state index in [-0.39, 0.29) is 12.1 Å². The van der Waals surface area contributed by atoms with E-state index < -0.39 is 0 Å². The Hall–Kier alpha value is 0.450. The molecule has 5 heteroatoms. The molecule has 0 aliphatic heterocycles. The molecule has 0 heterocycles. The van der Waals surface area contributed by atoms with E-state index in [9.17, 15) is 4.79 Å². The highest BCUT2D eigenvalue weighted by atomic mass is 31.1. The Morgan fingerprint density at radius 1 is 1.38 bits per heavy atom. The van der Waals surface area contributed by atoms with Crippen LogP contribution in [0.25, 0.3) is 0 Å². The fourth-order valence-corrected chi connectivity index (χ4v) is 2.50. The molecular weight excluding hydrogens is 204 g/mol. The van der Waals surface area contributed by atoms with E-state index in [0.29, 0.717) is 0 Å². The first-order valence-electron chi connectivity index (χ1n) is 4.40. The molecule has 78 valence electrons. The molecule has 0 bridgehead atoms. The van der Waals surface area contributed by atoms with E-state index in [2.05, 4.69) is 18.8 Å². The Balaban J connectivity index is 3.60. The highest BCUT2D eigenvalue weighted by molar-refractivity contribution is 7.38. The molecule has 13 heavy (non-hydrogen) atoms. The van der Waals surface area contributed by atoms with Gasteiger partial charge in [-0.25, -0.2) is 0 Å². The smallest absolute Gasteiger partial charge is 0.138 e. The third-order valence-corrected chi connectivity index (χ3v) is 3.22. The van der Waals surface area contributed by atoms with E-state index in [0.717, 1.165) is 35.8 Å². The van der Waals surface area contributed by atoms with Crippen molar-refractivity contribution in [1.82, 2.24) is 5.48 Å². The van der Waals surface area contributed by atoms with Crippen LogP contribution in [0.4, 0.5) is 0 Å². The summed E-state index contributed by atoms with van der Waals surface area (Å²) in [7, 11) is 1.81. The fourth-order valence-electron chi connectivity index (χ4n) is 0.842. The average Bonchev–Trinajstić information content (AvgIpc) is 2.14. The SMILES string of the molecule is CPCC(CPC)ON[C@@H](C)C=O. The number of hydrogen-bond donors (Lipinski definition) is 1. The third-order valence-electron chi connectivity index (χ3n) is 1.49. The van der Waals surface area contributed by atoms with Gasteiger partial charge < -0.3 is 4.79 Å². The molecule has 0 aliphatic carbocycles. The first-order chi connectivity index (χ1) is 6.24. The summed E-state index contributed by atoms with van der Waals surface area (Å²) >= 11 is 0. The van der Waals surface area contributed by atoms with Crippen LogP contribution in [0.3, 0.4) is 0 Å². The molecule has 0 aliphatic rings. The second-order valence-electron chi connectivity index (χ2n) is 2.90. The Kier molecular flexibility index (Phi) is 9.34. The van der Waals surface area contributed by atoms with Crippen molar-refractivity contribution in [2.24, 2.45) is 0 Å². The predicted molar refractivity (Wildman–Crippen MR) is 61.7 cm³/mol. The maximum atomic E-state index is 10.3. The van der Waals surface area contributed by atoms with Crippen molar-refractivity contribution < 1.29 is 9.63 Å².